The molecular weight excluding hydrogens is 104 g/mol. The minimum atomic E-state index is 0.0252. The zero-order valence-corrected chi connectivity index (χ0v) is 5.03. The maximum atomic E-state index is 10.4. The molecule has 0 aromatic rings. The summed E-state index contributed by atoms with van der Waals surface area (Å²) in [5.41, 5.74) is 6.66. The van der Waals surface area contributed by atoms with Crippen molar-refractivity contribution < 1.29 is 4.79 Å². The molecule has 0 unspecified atom stereocenters. The van der Waals surface area contributed by atoms with Gasteiger partial charge in [-0.3, -0.25) is 10.5 Å². The van der Waals surface area contributed by atoms with Crippen LogP contribution in [0.25, 0.3) is 0 Å². The van der Waals surface area contributed by atoms with Crippen LogP contribution >= 0.6 is 0 Å². The van der Waals surface area contributed by atoms with Crippen molar-refractivity contribution in [2.75, 3.05) is 13.1 Å². The normalized spacial score (nSPS) is 8.75. The van der Waals surface area contributed by atoms with Gasteiger partial charge in [-0.2, -0.15) is 0 Å². The second kappa shape index (κ2) is 4.59. The van der Waals surface area contributed by atoms with E-state index in [1.807, 2.05) is 0 Å². The SMILES string of the molecule is CCC(=O)NCC[NH]. The highest BCUT2D eigenvalue weighted by molar-refractivity contribution is 5.75. The molecule has 0 heterocycles. The average molecular weight is 115 g/mol. The minimum absolute atomic E-state index is 0.0252. The van der Waals surface area contributed by atoms with Crippen LogP contribution in [0.4, 0.5) is 0 Å². The van der Waals surface area contributed by atoms with Crippen molar-refractivity contribution in [3.63, 3.8) is 0 Å². The van der Waals surface area contributed by atoms with Crippen LogP contribution in [0.5, 0.6) is 0 Å². The third kappa shape index (κ3) is 3.61. The van der Waals surface area contributed by atoms with Crippen molar-refractivity contribution >= 4 is 5.91 Å². The lowest BCUT2D eigenvalue weighted by molar-refractivity contribution is -0.120. The molecular formula is C5H11N2O. The molecule has 47 valence electrons. The summed E-state index contributed by atoms with van der Waals surface area (Å²) in [4.78, 5) is 10.4. The summed E-state index contributed by atoms with van der Waals surface area (Å²) in [6, 6.07) is 0. The molecule has 0 aliphatic rings. The van der Waals surface area contributed by atoms with Gasteiger partial charge >= 0.3 is 0 Å². The number of carbonyl (C=O) groups excluding carboxylic acids is 1. The summed E-state index contributed by atoms with van der Waals surface area (Å²) < 4.78 is 0. The molecule has 0 aromatic heterocycles. The van der Waals surface area contributed by atoms with Gasteiger partial charge in [0, 0.05) is 19.5 Å². The molecule has 3 heteroatoms. The van der Waals surface area contributed by atoms with E-state index in [1.165, 1.54) is 0 Å². The summed E-state index contributed by atoms with van der Waals surface area (Å²) in [7, 11) is 0. The lowest BCUT2D eigenvalue weighted by Crippen LogP contribution is -2.25. The maximum Gasteiger partial charge on any atom is 0.219 e. The fraction of sp³-hybridized carbons (Fsp3) is 0.800. The minimum Gasteiger partial charge on any atom is -0.355 e. The Kier molecular flexibility index (Phi) is 4.26. The number of amides is 1. The van der Waals surface area contributed by atoms with Gasteiger partial charge in [0.25, 0.3) is 0 Å². The van der Waals surface area contributed by atoms with Gasteiger partial charge < -0.3 is 5.32 Å². The Morgan fingerprint density at radius 3 is 2.75 bits per heavy atom. The van der Waals surface area contributed by atoms with Gasteiger partial charge in [0.1, 0.15) is 0 Å². The maximum absolute atomic E-state index is 10.4. The molecule has 0 atom stereocenters. The van der Waals surface area contributed by atoms with Crippen molar-refractivity contribution in [2.24, 2.45) is 0 Å². The first-order chi connectivity index (χ1) is 3.81. The fourth-order valence-corrected chi connectivity index (χ4v) is 0.327. The first-order valence-corrected chi connectivity index (χ1v) is 2.72. The Bertz CT molecular complexity index is 72.8. The van der Waals surface area contributed by atoms with Crippen molar-refractivity contribution in [1.82, 2.24) is 11.1 Å². The van der Waals surface area contributed by atoms with Crippen LogP contribution < -0.4 is 11.1 Å². The van der Waals surface area contributed by atoms with Gasteiger partial charge in [-0.1, -0.05) is 6.92 Å². The molecule has 0 rings (SSSR count). The molecule has 0 fully saturated rings. The Morgan fingerprint density at radius 2 is 2.38 bits per heavy atom. The monoisotopic (exact) mass is 115 g/mol. The predicted molar refractivity (Wildman–Crippen MR) is 31.3 cm³/mol. The molecule has 0 aromatic carbocycles. The van der Waals surface area contributed by atoms with Gasteiger partial charge in [0.15, 0.2) is 0 Å². The van der Waals surface area contributed by atoms with E-state index in [1.54, 1.807) is 6.92 Å². The van der Waals surface area contributed by atoms with Gasteiger partial charge in [-0.15, -0.1) is 0 Å². The third-order valence-electron chi connectivity index (χ3n) is 0.768. The fourth-order valence-electron chi connectivity index (χ4n) is 0.327. The summed E-state index contributed by atoms with van der Waals surface area (Å²) in [6.07, 6.45) is 0.514. The van der Waals surface area contributed by atoms with Crippen molar-refractivity contribution in [2.45, 2.75) is 13.3 Å². The molecule has 0 saturated heterocycles. The molecule has 3 nitrogen and oxygen atoms in total. The van der Waals surface area contributed by atoms with E-state index in [9.17, 15) is 4.79 Å². The standard InChI is InChI=1S/C5H11N2O/c1-2-5(8)7-4-3-6/h6H,2-4H2,1H3,(H,7,8). The van der Waals surface area contributed by atoms with E-state index in [2.05, 4.69) is 5.32 Å². The smallest absolute Gasteiger partial charge is 0.219 e. The zero-order chi connectivity index (χ0) is 6.41. The van der Waals surface area contributed by atoms with E-state index < -0.39 is 0 Å². The van der Waals surface area contributed by atoms with Crippen LogP contribution in [0, 0.1) is 0 Å². The molecule has 2 N–H and O–H groups in total. The number of hydrogen-bond acceptors (Lipinski definition) is 1. The second-order valence-corrected chi connectivity index (χ2v) is 1.45. The van der Waals surface area contributed by atoms with Crippen LogP contribution in [-0.4, -0.2) is 19.0 Å². The molecule has 1 amide bonds. The Balaban J connectivity index is 2.99. The highest BCUT2D eigenvalue weighted by Gasteiger charge is 1.90. The van der Waals surface area contributed by atoms with Crippen LogP contribution in [0.3, 0.4) is 0 Å². The highest BCUT2D eigenvalue weighted by Crippen LogP contribution is 1.71. The summed E-state index contributed by atoms with van der Waals surface area (Å²) in [5, 5.41) is 2.56. The highest BCUT2D eigenvalue weighted by atomic mass is 16.1. The van der Waals surface area contributed by atoms with E-state index >= 15 is 0 Å². The zero-order valence-electron chi connectivity index (χ0n) is 5.03. The lowest BCUT2D eigenvalue weighted by Gasteiger charge is -1.96. The molecule has 8 heavy (non-hydrogen) atoms. The van der Waals surface area contributed by atoms with E-state index in [4.69, 9.17) is 5.73 Å². The van der Waals surface area contributed by atoms with Gasteiger partial charge in [0.05, 0.1) is 0 Å². The van der Waals surface area contributed by atoms with Crippen LogP contribution in [0.1, 0.15) is 13.3 Å². The van der Waals surface area contributed by atoms with E-state index in [0.29, 0.717) is 13.0 Å². The van der Waals surface area contributed by atoms with Crippen LogP contribution in [0.15, 0.2) is 0 Å². The van der Waals surface area contributed by atoms with E-state index in [0.717, 1.165) is 0 Å². The molecule has 0 aliphatic heterocycles. The quantitative estimate of drug-likeness (QED) is 0.544. The summed E-state index contributed by atoms with van der Waals surface area (Å²) in [6.45, 7) is 2.54. The Morgan fingerprint density at radius 1 is 1.75 bits per heavy atom. The average Bonchev–Trinajstić information content (AvgIpc) is 1.83. The Hall–Kier alpha value is -0.570. The topological polar surface area (TPSA) is 52.9 Å². The third-order valence-corrected chi connectivity index (χ3v) is 0.768. The first kappa shape index (κ1) is 7.43. The van der Waals surface area contributed by atoms with Crippen LogP contribution in [-0.2, 0) is 4.79 Å². The molecule has 0 bridgehead atoms. The number of nitrogens with one attached hydrogen (secondary N) is 2. The number of rotatable bonds is 3. The van der Waals surface area contributed by atoms with Crippen molar-refractivity contribution in [3.8, 4) is 0 Å². The van der Waals surface area contributed by atoms with E-state index in [-0.39, 0.29) is 12.5 Å². The van der Waals surface area contributed by atoms with Crippen molar-refractivity contribution in [1.29, 1.82) is 0 Å². The van der Waals surface area contributed by atoms with Crippen LogP contribution in [0.2, 0.25) is 0 Å². The Labute approximate surface area is 49.3 Å². The van der Waals surface area contributed by atoms with Gasteiger partial charge in [-0.25, -0.2) is 0 Å². The van der Waals surface area contributed by atoms with Gasteiger partial charge in [-0.05, 0) is 0 Å². The predicted octanol–water partition coefficient (Wildman–Crippen LogP) is -0.205. The molecule has 0 aliphatic carbocycles. The second-order valence-electron chi connectivity index (χ2n) is 1.45. The largest absolute Gasteiger partial charge is 0.355 e. The number of hydrogen-bond donors (Lipinski definition) is 1. The summed E-state index contributed by atoms with van der Waals surface area (Å²) >= 11 is 0. The van der Waals surface area contributed by atoms with Crippen molar-refractivity contribution in [3.05, 3.63) is 0 Å². The molecule has 0 spiro atoms. The molecule has 0 saturated carbocycles. The first-order valence-electron chi connectivity index (χ1n) is 2.72. The number of carbonyl (C=O) groups is 1. The summed E-state index contributed by atoms with van der Waals surface area (Å²) in [5.74, 6) is 0.0252. The lowest BCUT2D eigenvalue weighted by atomic mass is 10.4. The van der Waals surface area contributed by atoms with Gasteiger partial charge in [0.2, 0.25) is 5.91 Å². The molecule has 1 radical (unpaired) electrons.